The SMILES string of the molecule is COc1ccc(C2CCN(C(=O)COc3ccccc3OC)C2)cc1. The molecule has 1 atom stereocenters. The third kappa shape index (κ3) is 4.05. The number of hydrogen-bond donors (Lipinski definition) is 0. The van der Waals surface area contributed by atoms with Crippen LogP contribution in [0.1, 0.15) is 17.9 Å². The van der Waals surface area contributed by atoms with Gasteiger partial charge in [-0.3, -0.25) is 4.79 Å². The number of hydrogen-bond acceptors (Lipinski definition) is 4. The van der Waals surface area contributed by atoms with Gasteiger partial charge in [-0.25, -0.2) is 0 Å². The topological polar surface area (TPSA) is 48.0 Å². The third-order valence-electron chi connectivity index (χ3n) is 4.55. The Kier molecular flexibility index (Phi) is 5.43. The average molecular weight is 341 g/mol. The van der Waals surface area contributed by atoms with Crippen LogP contribution in [0.2, 0.25) is 0 Å². The average Bonchev–Trinajstić information content (AvgIpc) is 3.16. The van der Waals surface area contributed by atoms with Crippen LogP contribution in [0, 0.1) is 0 Å². The molecule has 0 aliphatic carbocycles. The summed E-state index contributed by atoms with van der Waals surface area (Å²) in [6, 6.07) is 15.4. The van der Waals surface area contributed by atoms with E-state index in [4.69, 9.17) is 14.2 Å². The number of nitrogens with zero attached hydrogens (tertiary/aromatic N) is 1. The number of carbonyl (C=O) groups is 1. The first-order chi connectivity index (χ1) is 12.2. The molecular formula is C20H23NO4. The molecule has 1 fully saturated rings. The highest BCUT2D eigenvalue weighted by Gasteiger charge is 2.27. The fraction of sp³-hybridized carbons (Fsp3) is 0.350. The second-order valence-corrected chi connectivity index (χ2v) is 6.04. The molecule has 5 heteroatoms. The highest BCUT2D eigenvalue weighted by Crippen LogP contribution is 2.29. The fourth-order valence-corrected chi connectivity index (χ4v) is 3.10. The summed E-state index contributed by atoms with van der Waals surface area (Å²) in [6.07, 6.45) is 0.965. The lowest BCUT2D eigenvalue weighted by atomic mass is 9.98. The van der Waals surface area contributed by atoms with Gasteiger partial charge in [-0.15, -0.1) is 0 Å². The lowest BCUT2D eigenvalue weighted by Crippen LogP contribution is -2.32. The van der Waals surface area contributed by atoms with Gasteiger partial charge in [-0.1, -0.05) is 24.3 Å². The fourth-order valence-electron chi connectivity index (χ4n) is 3.10. The van der Waals surface area contributed by atoms with Crippen LogP contribution in [0.15, 0.2) is 48.5 Å². The summed E-state index contributed by atoms with van der Waals surface area (Å²) in [4.78, 5) is 14.3. The predicted molar refractivity (Wildman–Crippen MR) is 95.4 cm³/mol. The first-order valence-corrected chi connectivity index (χ1v) is 8.39. The Bertz CT molecular complexity index is 714. The van der Waals surface area contributed by atoms with E-state index in [-0.39, 0.29) is 12.5 Å². The smallest absolute Gasteiger partial charge is 0.260 e. The molecule has 1 unspecified atom stereocenters. The number of carbonyl (C=O) groups excluding carboxylic acids is 1. The van der Waals surface area contributed by atoms with Crippen molar-refractivity contribution < 1.29 is 19.0 Å². The van der Waals surface area contributed by atoms with Crippen LogP contribution in [0.4, 0.5) is 0 Å². The summed E-state index contributed by atoms with van der Waals surface area (Å²) >= 11 is 0. The molecule has 0 N–H and O–H groups in total. The zero-order valence-corrected chi connectivity index (χ0v) is 14.6. The van der Waals surface area contributed by atoms with E-state index >= 15 is 0 Å². The molecule has 0 spiro atoms. The Morgan fingerprint density at radius 2 is 1.76 bits per heavy atom. The van der Waals surface area contributed by atoms with E-state index in [2.05, 4.69) is 12.1 Å². The summed E-state index contributed by atoms with van der Waals surface area (Å²) in [5.74, 6) is 2.43. The zero-order chi connectivity index (χ0) is 17.6. The molecule has 5 nitrogen and oxygen atoms in total. The van der Waals surface area contributed by atoms with Crippen molar-refractivity contribution >= 4 is 5.91 Å². The van der Waals surface area contributed by atoms with E-state index in [1.807, 2.05) is 35.2 Å². The molecule has 1 heterocycles. The molecule has 1 saturated heterocycles. The predicted octanol–water partition coefficient (Wildman–Crippen LogP) is 3.10. The molecule has 1 amide bonds. The number of likely N-dealkylation sites (tertiary alicyclic amines) is 1. The van der Waals surface area contributed by atoms with Gasteiger partial charge in [0.25, 0.3) is 5.91 Å². The molecule has 0 saturated carbocycles. The Morgan fingerprint density at radius 1 is 1.04 bits per heavy atom. The molecular weight excluding hydrogens is 318 g/mol. The van der Waals surface area contributed by atoms with Gasteiger partial charge in [-0.05, 0) is 36.2 Å². The monoisotopic (exact) mass is 341 g/mol. The summed E-state index contributed by atoms with van der Waals surface area (Å²) in [5.41, 5.74) is 1.24. The van der Waals surface area contributed by atoms with Crippen LogP contribution in [0.5, 0.6) is 17.2 Å². The van der Waals surface area contributed by atoms with Gasteiger partial charge in [0.05, 0.1) is 14.2 Å². The Morgan fingerprint density at radius 3 is 2.44 bits per heavy atom. The van der Waals surface area contributed by atoms with Crippen LogP contribution in [-0.2, 0) is 4.79 Å². The van der Waals surface area contributed by atoms with Gasteiger partial charge in [0, 0.05) is 19.0 Å². The maximum absolute atomic E-state index is 12.4. The Labute approximate surface area is 148 Å². The third-order valence-corrected chi connectivity index (χ3v) is 4.55. The van der Waals surface area contributed by atoms with Gasteiger partial charge in [0.1, 0.15) is 5.75 Å². The molecule has 25 heavy (non-hydrogen) atoms. The quantitative estimate of drug-likeness (QED) is 0.810. The van der Waals surface area contributed by atoms with Crippen LogP contribution < -0.4 is 14.2 Å². The van der Waals surface area contributed by atoms with Crippen LogP contribution in [-0.4, -0.2) is 44.7 Å². The second kappa shape index (κ2) is 7.92. The number of methoxy groups -OCH3 is 2. The molecule has 3 rings (SSSR count). The highest BCUT2D eigenvalue weighted by atomic mass is 16.5. The first-order valence-electron chi connectivity index (χ1n) is 8.39. The second-order valence-electron chi connectivity index (χ2n) is 6.04. The van der Waals surface area contributed by atoms with Crippen molar-refractivity contribution in [2.75, 3.05) is 33.9 Å². The lowest BCUT2D eigenvalue weighted by molar-refractivity contribution is -0.132. The van der Waals surface area contributed by atoms with Crippen molar-refractivity contribution in [2.24, 2.45) is 0 Å². The summed E-state index contributed by atoms with van der Waals surface area (Å²) < 4.78 is 16.1. The molecule has 0 aromatic heterocycles. The van der Waals surface area contributed by atoms with Crippen LogP contribution in [0.3, 0.4) is 0 Å². The summed E-state index contributed by atoms with van der Waals surface area (Å²) in [5, 5.41) is 0. The van der Waals surface area contributed by atoms with E-state index in [1.165, 1.54) is 5.56 Å². The van der Waals surface area contributed by atoms with Gasteiger partial charge in [0.15, 0.2) is 18.1 Å². The zero-order valence-electron chi connectivity index (χ0n) is 14.6. The standard InChI is InChI=1S/C20H23NO4/c1-23-17-9-7-15(8-10-17)16-11-12-21(13-16)20(22)14-25-19-6-4-3-5-18(19)24-2/h3-10,16H,11-14H2,1-2H3. The van der Waals surface area contributed by atoms with Gasteiger partial charge < -0.3 is 19.1 Å². The Balaban J connectivity index is 1.55. The minimum absolute atomic E-state index is 0.00178. The minimum atomic E-state index is 0.00178. The number of benzene rings is 2. The van der Waals surface area contributed by atoms with Gasteiger partial charge >= 0.3 is 0 Å². The highest BCUT2D eigenvalue weighted by molar-refractivity contribution is 5.78. The first kappa shape index (κ1) is 17.1. The van der Waals surface area contributed by atoms with Crippen molar-refractivity contribution in [3.05, 3.63) is 54.1 Å². The maximum atomic E-state index is 12.4. The van der Waals surface area contributed by atoms with Crippen molar-refractivity contribution in [1.82, 2.24) is 4.90 Å². The molecule has 2 aromatic rings. The van der Waals surface area contributed by atoms with E-state index in [9.17, 15) is 4.79 Å². The largest absolute Gasteiger partial charge is 0.497 e. The van der Waals surface area contributed by atoms with Crippen molar-refractivity contribution in [3.8, 4) is 17.2 Å². The van der Waals surface area contributed by atoms with E-state index < -0.39 is 0 Å². The molecule has 1 aliphatic heterocycles. The minimum Gasteiger partial charge on any atom is -0.497 e. The molecule has 132 valence electrons. The van der Waals surface area contributed by atoms with Crippen LogP contribution in [0.25, 0.3) is 0 Å². The van der Waals surface area contributed by atoms with Gasteiger partial charge in [0.2, 0.25) is 0 Å². The number of ether oxygens (including phenoxy) is 3. The Hall–Kier alpha value is -2.69. The molecule has 0 bridgehead atoms. The van der Waals surface area contributed by atoms with E-state index in [0.29, 0.717) is 17.4 Å². The lowest BCUT2D eigenvalue weighted by Gasteiger charge is -2.18. The number of para-hydroxylation sites is 2. The molecule has 1 aliphatic rings. The molecule has 2 aromatic carbocycles. The van der Waals surface area contributed by atoms with E-state index in [0.717, 1.165) is 25.3 Å². The number of rotatable bonds is 6. The molecule has 0 radical (unpaired) electrons. The van der Waals surface area contributed by atoms with Gasteiger partial charge in [-0.2, -0.15) is 0 Å². The van der Waals surface area contributed by atoms with E-state index in [1.54, 1.807) is 20.3 Å². The van der Waals surface area contributed by atoms with Crippen molar-refractivity contribution in [1.29, 1.82) is 0 Å². The normalized spacial score (nSPS) is 16.6. The maximum Gasteiger partial charge on any atom is 0.260 e. The van der Waals surface area contributed by atoms with Crippen molar-refractivity contribution in [3.63, 3.8) is 0 Å². The summed E-state index contributed by atoms with van der Waals surface area (Å²) in [7, 11) is 3.25. The van der Waals surface area contributed by atoms with Crippen molar-refractivity contribution in [2.45, 2.75) is 12.3 Å². The van der Waals surface area contributed by atoms with Crippen LogP contribution >= 0.6 is 0 Å². The number of amides is 1. The summed E-state index contributed by atoms with van der Waals surface area (Å²) in [6.45, 7) is 1.50.